The summed E-state index contributed by atoms with van der Waals surface area (Å²) in [7, 11) is -0.659. The largest absolute Gasteiger partial charge is 0.497 e. The Bertz CT molecular complexity index is 1450. The minimum absolute atomic E-state index is 0.106. The van der Waals surface area contributed by atoms with Crippen LogP contribution in [0.15, 0.2) is 90.1 Å². The summed E-state index contributed by atoms with van der Waals surface area (Å²) < 4.78 is 48.5. The SMILES string of the molecule is COc1cccc(C(NC(=O)c2ccc(S(=O)(=O)Nc3ccccc3F)cc2)c2nccn2C)c1. The van der Waals surface area contributed by atoms with E-state index in [4.69, 9.17) is 4.74 Å². The third kappa shape index (κ3) is 5.33. The van der Waals surface area contributed by atoms with Gasteiger partial charge in [0.05, 0.1) is 17.7 Å². The van der Waals surface area contributed by atoms with E-state index in [1.807, 2.05) is 25.2 Å². The van der Waals surface area contributed by atoms with Crippen molar-refractivity contribution < 1.29 is 22.3 Å². The molecule has 0 aliphatic carbocycles. The number of sulfonamides is 1. The van der Waals surface area contributed by atoms with Gasteiger partial charge in [-0.3, -0.25) is 9.52 Å². The summed E-state index contributed by atoms with van der Waals surface area (Å²) in [5, 5.41) is 2.96. The van der Waals surface area contributed by atoms with E-state index < -0.39 is 27.8 Å². The van der Waals surface area contributed by atoms with Gasteiger partial charge in [-0.05, 0) is 54.1 Å². The molecular weight excluding hydrogens is 471 g/mol. The molecule has 1 atom stereocenters. The number of carbonyl (C=O) groups is 1. The lowest BCUT2D eigenvalue weighted by atomic mass is 10.0. The first-order chi connectivity index (χ1) is 16.8. The average Bonchev–Trinajstić information content (AvgIpc) is 3.29. The van der Waals surface area contributed by atoms with E-state index in [1.54, 1.807) is 30.1 Å². The highest BCUT2D eigenvalue weighted by Gasteiger charge is 2.23. The number of para-hydroxylation sites is 1. The predicted octanol–water partition coefficient (Wildman–Crippen LogP) is 3.89. The Kier molecular flexibility index (Phi) is 6.83. The van der Waals surface area contributed by atoms with Gasteiger partial charge in [-0.1, -0.05) is 24.3 Å². The number of rotatable bonds is 8. The fraction of sp³-hybridized carbons (Fsp3) is 0.120. The second kappa shape index (κ2) is 9.98. The third-order valence-electron chi connectivity index (χ3n) is 5.36. The third-order valence-corrected chi connectivity index (χ3v) is 6.75. The minimum atomic E-state index is -4.04. The fourth-order valence-electron chi connectivity index (χ4n) is 3.52. The first kappa shape index (κ1) is 24.0. The van der Waals surface area contributed by atoms with Crippen LogP contribution in [0.1, 0.15) is 27.8 Å². The second-order valence-electron chi connectivity index (χ2n) is 7.69. The summed E-state index contributed by atoms with van der Waals surface area (Å²) >= 11 is 0. The van der Waals surface area contributed by atoms with E-state index in [2.05, 4.69) is 15.0 Å². The lowest BCUT2D eigenvalue weighted by molar-refractivity contribution is 0.0941. The number of halogens is 1. The molecule has 0 aliphatic rings. The normalized spacial score (nSPS) is 12.1. The number of aromatic nitrogens is 2. The van der Waals surface area contributed by atoms with Gasteiger partial charge in [0.25, 0.3) is 15.9 Å². The maximum atomic E-state index is 13.9. The Morgan fingerprint density at radius 1 is 1.06 bits per heavy atom. The van der Waals surface area contributed by atoms with Crippen molar-refractivity contribution in [2.75, 3.05) is 11.8 Å². The molecule has 0 spiro atoms. The van der Waals surface area contributed by atoms with Gasteiger partial charge in [0.1, 0.15) is 23.4 Å². The summed E-state index contributed by atoms with van der Waals surface area (Å²) in [5.74, 6) is 0.129. The number of hydrogen-bond donors (Lipinski definition) is 2. The maximum Gasteiger partial charge on any atom is 0.261 e. The van der Waals surface area contributed by atoms with Crippen LogP contribution < -0.4 is 14.8 Å². The van der Waals surface area contributed by atoms with Crippen LogP contribution in [0.4, 0.5) is 10.1 Å². The van der Waals surface area contributed by atoms with Crippen LogP contribution in [0.5, 0.6) is 5.75 Å². The zero-order chi connectivity index (χ0) is 25.0. The lowest BCUT2D eigenvalue weighted by Crippen LogP contribution is -2.31. The van der Waals surface area contributed by atoms with Gasteiger partial charge >= 0.3 is 0 Å². The smallest absolute Gasteiger partial charge is 0.261 e. The van der Waals surface area contributed by atoms with Crippen molar-refractivity contribution >= 4 is 21.6 Å². The molecule has 0 fully saturated rings. The van der Waals surface area contributed by atoms with Crippen molar-refractivity contribution in [2.45, 2.75) is 10.9 Å². The molecular formula is C25H23FN4O4S. The first-order valence-electron chi connectivity index (χ1n) is 10.6. The van der Waals surface area contributed by atoms with Crippen molar-refractivity contribution in [1.82, 2.24) is 14.9 Å². The number of nitrogens with zero attached hydrogens (tertiary/aromatic N) is 2. The van der Waals surface area contributed by atoms with Crippen LogP contribution in [0.3, 0.4) is 0 Å². The van der Waals surface area contributed by atoms with Crippen molar-refractivity contribution in [3.05, 3.63) is 108 Å². The van der Waals surface area contributed by atoms with Crippen LogP contribution in [0.25, 0.3) is 0 Å². The van der Waals surface area contributed by atoms with Gasteiger partial charge in [0.2, 0.25) is 0 Å². The quantitative estimate of drug-likeness (QED) is 0.387. The average molecular weight is 495 g/mol. The molecule has 1 amide bonds. The van der Waals surface area contributed by atoms with E-state index in [0.717, 1.165) is 11.6 Å². The molecule has 180 valence electrons. The minimum Gasteiger partial charge on any atom is -0.497 e. The molecule has 35 heavy (non-hydrogen) atoms. The molecule has 3 aromatic carbocycles. The van der Waals surface area contributed by atoms with Gasteiger partial charge in [0.15, 0.2) is 0 Å². The van der Waals surface area contributed by atoms with Crippen LogP contribution >= 0.6 is 0 Å². The summed E-state index contributed by atoms with van der Waals surface area (Å²) in [5.41, 5.74) is 0.850. The second-order valence-corrected chi connectivity index (χ2v) is 9.37. The molecule has 0 saturated carbocycles. The molecule has 1 unspecified atom stereocenters. The van der Waals surface area contributed by atoms with E-state index in [1.165, 1.54) is 42.5 Å². The topological polar surface area (TPSA) is 102 Å². The molecule has 1 aromatic heterocycles. The number of carbonyl (C=O) groups excluding carboxylic acids is 1. The Morgan fingerprint density at radius 2 is 1.80 bits per heavy atom. The zero-order valence-corrected chi connectivity index (χ0v) is 19.8. The monoisotopic (exact) mass is 494 g/mol. The number of ether oxygens (including phenoxy) is 1. The van der Waals surface area contributed by atoms with Crippen molar-refractivity contribution in [3.63, 3.8) is 0 Å². The molecule has 0 aliphatic heterocycles. The maximum absolute atomic E-state index is 13.9. The summed E-state index contributed by atoms with van der Waals surface area (Å²) in [4.78, 5) is 17.4. The van der Waals surface area contributed by atoms with Crippen LogP contribution in [-0.4, -0.2) is 31.0 Å². The van der Waals surface area contributed by atoms with Gasteiger partial charge < -0.3 is 14.6 Å². The highest BCUT2D eigenvalue weighted by Crippen LogP contribution is 2.25. The number of imidazole rings is 1. The lowest BCUT2D eigenvalue weighted by Gasteiger charge is -2.20. The number of amides is 1. The van der Waals surface area contributed by atoms with Crippen molar-refractivity contribution in [1.29, 1.82) is 0 Å². The van der Waals surface area contributed by atoms with E-state index >= 15 is 0 Å². The fourth-order valence-corrected chi connectivity index (χ4v) is 4.59. The molecule has 1 heterocycles. The van der Waals surface area contributed by atoms with E-state index in [-0.39, 0.29) is 16.1 Å². The van der Waals surface area contributed by atoms with Crippen LogP contribution in [-0.2, 0) is 17.1 Å². The van der Waals surface area contributed by atoms with Gasteiger partial charge in [-0.15, -0.1) is 0 Å². The summed E-state index contributed by atoms with van der Waals surface area (Å²) in [6.45, 7) is 0. The number of anilines is 1. The number of benzene rings is 3. The number of nitrogens with one attached hydrogen (secondary N) is 2. The summed E-state index contributed by atoms with van der Waals surface area (Å²) in [6, 6.07) is 17.5. The van der Waals surface area contributed by atoms with Crippen molar-refractivity contribution in [2.24, 2.45) is 7.05 Å². The standard InChI is InChI=1S/C25H23FN4O4S/c1-30-15-14-27-24(30)23(18-6-5-7-19(16-18)34-2)28-25(31)17-10-12-20(13-11-17)35(32,33)29-22-9-4-3-8-21(22)26/h3-16,23,29H,1-2H3,(H,28,31). The molecule has 0 saturated heterocycles. The van der Waals surface area contributed by atoms with Crippen LogP contribution in [0, 0.1) is 5.82 Å². The molecule has 2 N–H and O–H groups in total. The van der Waals surface area contributed by atoms with Gasteiger partial charge in [0, 0.05) is 25.0 Å². The molecule has 4 rings (SSSR count). The predicted molar refractivity (Wildman–Crippen MR) is 129 cm³/mol. The van der Waals surface area contributed by atoms with E-state index in [0.29, 0.717) is 11.6 Å². The number of aryl methyl sites for hydroxylation is 1. The Hall–Kier alpha value is -4.18. The Morgan fingerprint density at radius 3 is 2.46 bits per heavy atom. The zero-order valence-electron chi connectivity index (χ0n) is 19.0. The van der Waals surface area contributed by atoms with Crippen molar-refractivity contribution in [3.8, 4) is 5.75 Å². The Labute approximate surface area is 202 Å². The van der Waals surface area contributed by atoms with Gasteiger partial charge in [-0.25, -0.2) is 17.8 Å². The molecule has 10 heteroatoms. The summed E-state index contributed by atoms with van der Waals surface area (Å²) in [6.07, 6.45) is 3.41. The molecule has 0 bridgehead atoms. The van der Waals surface area contributed by atoms with Crippen LogP contribution in [0.2, 0.25) is 0 Å². The number of methoxy groups -OCH3 is 1. The molecule has 4 aromatic rings. The van der Waals surface area contributed by atoms with Gasteiger partial charge in [-0.2, -0.15) is 0 Å². The highest BCUT2D eigenvalue weighted by molar-refractivity contribution is 7.92. The number of hydrogen-bond acceptors (Lipinski definition) is 5. The molecule has 8 nitrogen and oxygen atoms in total. The molecule has 0 radical (unpaired) electrons. The Balaban J connectivity index is 1.57. The highest BCUT2D eigenvalue weighted by atomic mass is 32.2. The first-order valence-corrected chi connectivity index (χ1v) is 12.1. The van der Waals surface area contributed by atoms with E-state index in [9.17, 15) is 17.6 Å².